The second kappa shape index (κ2) is 5.09. The molecule has 0 saturated carbocycles. The van der Waals surface area contributed by atoms with Gasteiger partial charge in [-0.05, 0) is 36.2 Å². The van der Waals surface area contributed by atoms with Crippen molar-refractivity contribution in [2.75, 3.05) is 5.73 Å². The fraction of sp³-hybridized carbons (Fsp3) is 0.263. The Morgan fingerprint density at radius 3 is 2.50 bits per heavy atom. The molecule has 2 aromatic carbocycles. The van der Waals surface area contributed by atoms with Gasteiger partial charge in [-0.1, -0.05) is 44.5 Å². The minimum Gasteiger partial charge on any atom is -0.398 e. The molecule has 0 saturated heterocycles. The molecule has 0 aliphatic carbocycles. The molecule has 112 valence electrons. The number of aryl methyl sites for hydroxylation is 1. The lowest BCUT2D eigenvalue weighted by Crippen LogP contribution is -2.21. The van der Waals surface area contributed by atoms with Crippen molar-refractivity contribution in [2.24, 2.45) is 0 Å². The summed E-state index contributed by atoms with van der Waals surface area (Å²) in [7, 11) is 0. The van der Waals surface area contributed by atoms with Crippen LogP contribution in [0.5, 0.6) is 0 Å². The molecule has 0 radical (unpaired) electrons. The molecule has 0 amide bonds. The van der Waals surface area contributed by atoms with E-state index < -0.39 is 0 Å². The minimum atomic E-state index is -0.0396. The number of anilines is 1. The fourth-order valence-electron chi connectivity index (χ4n) is 2.70. The number of aromatic amines is 1. The topological polar surface area (TPSA) is 53.0 Å². The molecule has 3 rings (SSSR count). The van der Waals surface area contributed by atoms with E-state index in [0.29, 0.717) is 0 Å². The first-order chi connectivity index (χ1) is 10.4. The molecule has 0 unspecified atom stereocenters. The van der Waals surface area contributed by atoms with Crippen LogP contribution < -0.4 is 10.7 Å². The Bertz CT molecular complexity index is 845. The Hall–Kier alpha value is -2.42. The van der Waals surface area contributed by atoms with Crippen LogP contribution in [0.4, 0.5) is 5.69 Å². The van der Waals surface area contributed by atoms with E-state index in [1.807, 2.05) is 24.3 Å². The van der Waals surface area contributed by atoms with Crippen molar-refractivity contribution in [1.29, 1.82) is 0 Å². The van der Waals surface area contributed by atoms with E-state index in [1.54, 1.807) is 0 Å². The van der Waals surface area contributed by atoms with E-state index in [2.05, 4.69) is 50.9 Å². The van der Waals surface area contributed by atoms with E-state index in [4.69, 9.17) is 10.7 Å². The van der Waals surface area contributed by atoms with E-state index in [9.17, 15) is 0 Å². The molecule has 3 heteroatoms. The van der Waals surface area contributed by atoms with Gasteiger partial charge in [-0.2, -0.15) is 0 Å². The molecule has 0 bridgehead atoms. The smallest absolute Gasteiger partial charge is 0.330 e. The number of nitrogens with two attached hydrogens (primary N) is 1. The van der Waals surface area contributed by atoms with Crippen molar-refractivity contribution >= 4 is 16.6 Å². The molecule has 0 aliphatic rings. The molecule has 0 aliphatic heterocycles. The zero-order valence-electron chi connectivity index (χ0n) is 13.6. The van der Waals surface area contributed by atoms with Crippen molar-refractivity contribution in [3.63, 3.8) is 0 Å². The summed E-state index contributed by atoms with van der Waals surface area (Å²) in [4.78, 5) is 8.34. The zero-order chi connectivity index (χ0) is 15.9. The van der Waals surface area contributed by atoms with E-state index in [1.165, 1.54) is 5.56 Å². The number of hydrogen-bond acceptors (Lipinski definition) is 2. The van der Waals surface area contributed by atoms with Crippen LogP contribution in [0.25, 0.3) is 22.3 Å². The molecular formula is C19H22N3+. The average molecular weight is 292 g/mol. The SMILES string of the molecule is Cc1ccc(N)c(-c2nc(C(C)(C)C)c3ccccc3[nH+]2)c1. The highest BCUT2D eigenvalue weighted by Crippen LogP contribution is 2.30. The van der Waals surface area contributed by atoms with Gasteiger partial charge in [0.1, 0.15) is 5.52 Å². The van der Waals surface area contributed by atoms with Crippen LogP contribution in [-0.4, -0.2) is 4.98 Å². The third-order valence-electron chi connectivity index (χ3n) is 3.83. The van der Waals surface area contributed by atoms with Crippen molar-refractivity contribution < 1.29 is 4.98 Å². The number of rotatable bonds is 1. The van der Waals surface area contributed by atoms with Gasteiger partial charge in [-0.3, -0.25) is 0 Å². The Balaban J connectivity index is 2.34. The monoisotopic (exact) mass is 292 g/mol. The number of fused-ring (bicyclic) bond motifs is 1. The van der Waals surface area contributed by atoms with Crippen molar-refractivity contribution in [3.8, 4) is 11.4 Å². The highest BCUT2D eigenvalue weighted by Gasteiger charge is 2.27. The van der Waals surface area contributed by atoms with Gasteiger partial charge in [0.15, 0.2) is 5.69 Å². The van der Waals surface area contributed by atoms with Gasteiger partial charge < -0.3 is 5.73 Å². The van der Waals surface area contributed by atoms with Crippen LogP contribution in [0.15, 0.2) is 42.5 Å². The second-order valence-corrected chi connectivity index (χ2v) is 6.82. The van der Waals surface area contributed by atoms with Crippen LogP contribution in [0.3, 0.4) is 0 Å². The number of benzene rings is 2. The Morgan fingerprint density at radius 1 is 1.05 bits per heavy atom. The summed E-state index contributed by atoms with van der Waals surface area (Å²) in [6.45, 7) is 8.62. The lowest BCUT2D eigenvalue weighted by Gasteiger charge is -2.15. The molecular weight excluding hydrogens is 270 g/mol. The predicted molar refractivity (Wildman–Crippen MR) is 91.6 cm³/mol. The van der Waals surface area contributed by atoms with Crippen LogP contribution >= 0.6 is 0 Å². The van der Waals surface area contributed by atoms with Crippen molar-refractivity contribution in [3.05, 3.63) is 53.7 Å². The average Bonchev–Trinajstić information content (AvgIpc) is 2.47. The minimum absolute atomic E-state index is 0.0396. The third-order valence-corrected chi connectivity index (χ3v) is 3.83. The van der Waals surface area contributed by atoms with E-state index in [-0.39, 0.29) is 5.41 Å². The summed E-state index contributed by atoms with van der Waals surface area (Å²) in [6.07, 6.45) is 0. The Kier molecular flexibility index (Phi) is 3.36. The van der Waals surface area contributed by atoms with Crippen LogP contribution in [0.1, 0.15) is 32.0 Å². The maximum atomic E-state index is 6.16. The molecule has 3 nitrogen and oxygen atoms in total. The van der Waals surface area contributed by atoms with Gasteiger partial charge in [-0.15, -0.1) is 0 Å². The standard InChI is InChI=1S/C19H21N3/c1-12-9-10-15(20)14(11-12)18-21-16-8-6-5-7-13(16)17(22-18)19(2,3)4/h5-11H,20H2,1-4H3/p+1. The predicted octanol–water partition coefficient (Wildman–Crippen LogP) is 3.90. The number of H-pyrrole nitrogens is 1. The quantitative estimate of drug-likeness (QED) is 0.691. The summed E-state index contributed by atoms with van der Waals surface area (Å²) in [5.74, 6) is 0.824. The fourth-order valence-corrected chi connectivity index (χ4v) is 2.70. The van der Waals surface area contributed by atoms with Crippen molar-refractivity contribution in [2.45, 2.75) is 33.1 Å². The Morgan fingerprint density at radius 2 is 1.77 bits per heavy atom. The summed E-state index contributed by atoms with van der Waals surface area (Å²) in [5.41, 5.74) is 11.2. The number of hydrogen-bond donors (Lipinski definition) is 1. The molecule has 3 N–H and O–H groups in total. The first-order valence-corrected chi connectivity index (χ1v) is 7.55. The highest BCUT2D eigenvalue weighted by molar-refractivity contribution is 5.81. The number of nitrogens with zero attached hydrogens (tertiary/aromatic N) is 1. The first kappa shape index (κ1) is 14.5. The summed E-state index contributed by atoms with van der Waals surface area (Å²) in [5, 5.41) is 1.16. The van der Waals surface area contributed by atoms with Gasteiger partial charge in [0.2, 0.25) is 0 Å². The summed E-state index contributed by atoms with van der Waals surface area (Å²) < 4.78 is 0. The van der Waals surface area contributed by atoms with E-state index in [0.717, 1.165) is 33.7 Å². The number of para-hydroxylation sites is 1. The number of nitrogens with one attached hydrogen (secondary N) is 1. The number of nitrogen functional groups attached to an aromatic ring is 1. The maximum Gasteiger partial charge on any atom is 0.330 e. The Labute approximate surface area is 131 Å². The lowest BCUT2D eigenvalue weighted by molar-refractivity contribution is -0.335. The van der Waals surface area contributed by atoms with E-state index >= 15 is 0 Å². The molecule has 3 aromatic rings. The maximum absolute atomic E-state index is 6.16. The first-order valence-electron chi connectivity index (χ1n) is 7.55. The van der Waals surface area contributed by atoms with Gasteiger partial charge in [0.25, 0.3) is 0 Å². The third kappa shape index (κ3) is 2.54. The molecule has 0 fully saturated rings. The van der Waals surface area contributed by atoms with Gasteiger partial charge in [0.05, 0.1) is 10.9 Å². The highest BCUT2D eigenvalue weighted by atomic mass is 14.9. The molecule has 1 heterocycles. The van der Waals surface area contributed by atoms with Gasteiger partial charge in [-0.25, -0.2) is 4.98 Å². The largest absolute Gasteiger partial charge is 0.398 e. The van der Waals surface area contributed by atoms with Gasteiger partial charge in [0, 0.05) is 11.1 Å². The van der Waals surface area contributed by atoms with Crippen LogP contribution in [-0.2, 0) is 5.41 Å². The summed E-state index contributed by atoms with van der Waals surface area (Å²) in [6, 6.07) is 14.3. The lowest BCUT2D eigenvalue weighted by atomic mass is 9.89. The normalized spacial score (nSPS) is 11.8. The zero-order valence-corrected chi connectivity index (χ0v) is 13.6. The van der Waals surface area contributed by atoms with Crippen molar-refractivity contribution in [1.82, 2.24) is 4.98 Å². The number of aromatic nitrogens is 2. The molecule has 0 spiro atoms. The molecule has 22 heavy (non-hydrogen) atoms. The van der Waals surface area contributed by atoms with Crippen LogP contribution in [0, 0.1) is 6.92 Å². The molecule has 0 atom stereocenters. The molecule has 1 aromatic heterocycles. The van der Waals surface area contributed by atoms with Crippen LogP contribution in [0.2, 0.25) is 0 Å². The second-order valence-electron chi connectivity index (χ2n) is 6.82. The summed E-state index contributed by atoms with van der Waals surface area (Å²) >= 11 is 0. The van der Waals surface area contributed by atoms with Gasteiger partial charge >= 0.3 is 5.82 Å².